The number of amides is 2. The highest BCUT2D eigenvalue weighted by molar-refractivity contribution is 5.84. The quantitative estimate of drug-likeness (QED) is 0.674. The van der Waals surface area contributed by atoms with Gasteiger partial charge in [-0.25, -0.2) is 0 Å². The molecule has 7 nitrogen and oxygen atoms in total. The molecule has 1 aromatic rings. The maximum Gasteiger partial charge on any atom is 0.323 e. The zero-order valence-corrected chi connectivity index (χ0v) is 16.8. The van der Waals surface area contributed by atoms with Gasteiger partial charge >= 0.3 is 5.97 Å². The van der Waals surface area contributed by atoms with E-state index in [0.717, 1.165) is 6.42 Å². The fourth-order valence-corrected chi connectivity index (χ4v) is 3.32. The highest BCUT2D eigenvalue weighted by Crippen LogP contribution is 2.19. The highest BCUT2D eigenvalue weighted by atomic mass is 16.4. The van der Waals surface area contributed by atoms with E-state index in [4.69, 9.17) is 5.11 Å². The van der Waals surface area contributed by atoms with Crippen molar-refractivity contribution < 1.29 is 19.5 Å². The smallest absolute Gasteiger partial charge is 0.323 e. The minimum atomic E-state index is -0.978. The maximum absolute atomic E-state index is 12.7. The van der Waals surface area contributed by atoms with Crippen molar-refractivity contribution in [3.8, 4) is 0 Å². The third-order valence-electron chi connectivity index (χ3n) is 5.01. The van der Waals surface area contributed by atoms with Crippen LogP contribution in [0, 0.1) is 11.8 Å². The van der Waals surface area contributed by atoms with Crippen molar-refractivity contribution >= 4 is 23.5 Å². The van der Waals surface area contributed by atoms with Crippen LogP contribution in [0.15, 0.2) is 30.3 Å². The Labute approximate surface area is 166 Å². The molecule has 0 unspecified atom stereocenters. The minimum absolute atomic E-state index is 0.0154. The molecule has 154 valence electrons. The van der Waals surface area contributed by atoms with Gasteiger partial charge in [0.05, 0.1) is 6.54 Å². The Bertz CT molecular complexity index is 655. The molecule has 1 aromatic carbocycles. The van der Waals surface area contributed by atoms with Crippen LogP contribution >= 0.6 is 0 Å². The van der Waals surface area contributed by atoms with Crippen LogP contribution in [0.3, 0.4) is 0 Å². The maximum atomic E-state index is 12.7. The first-order valence-electron chi connectivity index (χ1n) is 9.94. The van der Waals surface area contributed by atoms with Crippen molar-refractivity contribution in [2.45, 2.75) is 33.1 Å². The van der Waals surface area contributed by atoms with Gasteiger partial charge in [0.2, 0.25) is 11.8 Å². The van der Waals surface area contributed by atoms with Crippen molar-refractivity contribution in [3.05, 3.63) is 30.3 Å². The van der Waals surface area contributed by atoms with E-state index in [1.807, 2.05) is 18.2 Å². The predicted octanol–water partition coefficient (Wildman–Crippen LogP) is 1.98. The molecule has 2 rings (SSSR count). The summed E-state index contributed by atoms with van der Waals surface area (Å²) in [7, 11) is 0. The number of rotatable bonds is 9. The summed E-state index contributed by atoms with van der Waals surface area (Å²) >= 11 is 0. The number of piperidine rings is 1. The summed E-state index contributed by atoms with van der Waals surface area (Å²) in [6.07, 6.45) is 2.25. The fraction of sp³-hybridized carbons (Fsp3) is 0.571. The van der Waals surface area contributed by atoms with Gasteiger partial charge in [0.25, 0.3) is 0 Å². The zero-order valence-electron chi connectivity index (χ0n) is 16.8. The average molecular weight is 389 g/mol. The van der Waals surface area contributed by atoms with Gasteiger partial charge in [0, 0.05) is 31.2 Å². The van der Waals surface area contributed by atoms with Crippen LogP contribution in [-0.2, 0) is 14.4 Å². The summed E-state index contributed by atoms with van der Waals surface area (Å²) < 4.78 is 0. The monoisotopic (exact) mass is 389 g/mol. The average Bonchev–Trinajstić information content (AvgIpc) is 2.67. The van der Waals surface area contributed by atoms with E-state index in [2.05, 4.69) is 19.2 Å². The van der Waals surface area contributed by atoms with Gasteiger partial charge in [-0.3, -0.25) is 14.4 Å². The number of carboxylic acids is 1. The van der Waals surface area contributed by atoms with E-state index in [-0.39, 0.29) is 30.8 Å². The van der Waals surface area contributed by atoms with E-state index < -0.39 is 5.97 Å². The molecule has 7 heteroatoms. The van der Waals surface area contributed by atoms with Gasteiger partial charge < -0.3 is 20.2 Å². The standard InChI is InChI=1S/C21H31N3O4/c1-16(2)8-11-22-21(28)17-9-12-23(13-10-17)19(25)14-24(15-20(26)27)18-6-4-3-5-7-18/h3-7,16-17H,8-15H2,1-2H3,(H,22,28)(H,26,27). The third-order valence-corrected chi connectivity index (χ3v) is 5.01. The summed E-state index contributed by atoms with van der Waals surface area (Å²) in [6.45, 7) is 5.77. The first-order valence-corrected chi connectivity index (χ1v) is 9.94. The lowest BCUT2D eigenvalue weighted by Gasteiger charge is -2.33. The minimum Gasteiger partial charge on any atom is -0.480 e. The van der Waals surface area contributed by atoms with E-state index in [9.17, 15) is 14.4 Å². The molecule has 0 atom stereocenters. The van der Waals surface area contributed by atoms with Crippen LogP contribution in [0.25, 0.3) is 0 Å². The van der Waals surface area contributed by atoms with Gasteiger partial charge in [0.15, 0.2) is 0 Å². The Balaban J connectivity index is 1.84. The molecule has 0 bridgehead atoms. The molecule has 0 radical (unpaired) electrons. The van der Waals surface area contributed by atoms with E-state index in [1.54, 1.807) is 21.9 Å². The largest absolute Gasteiger partial charge is 0.480 e. The van der Waals surface area contributed by atoms with Crippen LogP contribution in [0.1, 0.15) is 33.1 Å². The van der Waals surface area contributed by atoms with Gasteiger partial charge in [-0.15, -0.1) is 0 Å². The topological polar surface area (TPSA) is 90.0 Å². The van der Waals surface area contributed by atoms with Gasteiger partial charge in [-0.05, 0) is 37.3 Å². The number of aliphatic carboxylic acids is 1. The number of benzene rings is 1. The number of nitrogens with one attached hydrogen (secondary N) is 1. The molecule has 1 saturated heterocycles. The molecule has 0 aliphatic carbocycles. The summed E-state index contributed by atoms with van der Waals surface area (Å²) in [5.41, 5.74) is 0.706. The zero-order chi connectivity index (χ0) is 20.5. The van der Waals surface area contributed by atoms with Crippen molar-refractivity contribution in [2.24, 2.45) is 11.8 Å². The molecule has 2 amide bonds. The lowest BCUT2D eigenvalue weighted by molar-refractivity contribution is -0.136. The molecule has 1 fully saturated rings. The second-order valence-corrected chi connectivity index (χ2v) is 7.71. The summed E-state index contributed by atoms with van der Waals surface area (Å²) in [5.74, 6) is -0.514. The Morgan fingerprint density at radius 1 is 1.14 bits per heavy atom. The van der Waals surface area contributed by atoms with E-state index in [1.165, 1.54) is 0 Å². The Kier molecular flexibility index (Phi) is 8.29. The Morgan fingerprint density at radius 2 is 1.79 bits per heavy atom. The van der Waals surface area contributed by atoms with Crippen LogP contribution in [0.4, 0.5) is 5.69 Å². The molecule has 1 aliphatic heterocycles. The van der Waals surface area contributed by atoms with Crippen molar-refractivity contribution in [2.75, 3.05) is 37.6 Å². The van der Waals surface area contributed by atoms with Crippen molar-refractivity contribution in [1.82, 2.24) is 10.2 Å². The van der Waals surface area contributed by atoms with Crippen LogP contribution in [-0.4, -0.2) is 60.5 Å². The molecule has 0 spiro atoms. The van der Waals surface area contributed by atoms with E-state index in [0.29, 0.717) is 44.1 Å². The first kappa shape index (κ1) is 21.7. The molecule has 0 saturated carbocycles. The first-order chi connectivity index (χ1) is 13.4. The Morgan fingerprint density at radius 3 is 2.36 bits per heavy atom. The van der Waals surface area contributed by atoms with Crippen molar-refractivity contribution in [1.29, 1.82) is 0 Å². The molecule has 2 N–H and O–H groups in total. The number of para-hydroxylation sites is 1. The van der Waals surface area contributed by atoms with Crippen LogP contribution in [0.5, 0.6) is 0 Å². The SMILES string of the molecule is CC(C)CCNC(=O)C1CCN(C(=O)CN(CC(=O)O)c2ccccc2)CC1. The number of hydrogen-bond acceptors (Lipinski definition) is 4. The lowest BCUT2D eigenvalue weighted by Crippen LogP contribution is -2.47. The highest BCUT2D eigenvalue weighted by Gasteiger charge is 2.28. The molecular formula is C21H31N3O4. The molecule has 28 heavy (non-hydrogen) atoms. The number of carbonyl (C=O) groups is 3. The Hall–Kier alpha value is -2.57. The number of carboxylic acid groups (broad SMARTS) is 1. The summed E-state index contributed by atoms with van der Waals surface area (Å²) in [5, 5.41) is 12.1. The summed E-state index contributed by atoms with van der Waals surface area (Å²) in [6, 6.07) is 9.07. The van der Waals surface area contributed by atoms with Gasteiger partial charge in [-0.1, -0.05) is 32.0 Å². The van der Waals surface area contributed by atoms with Crippen LogP contribution in [0.2, 0.25) is 0 Å². The normalized spacial score (nSPS) is 14.8. The van der Waals surface area contributed by atoms with Crippen LogP contribution < -0.4 is 10.2 Å². The number of hydrogen-bond donors (Lipinski definition) is 2. The number of anilines is 1. The van der Waals surface area contributed by atoms with Gasteiger partial charge in [0.1, 0.15) is 6.54 Å². The fourth-order valence-electron chi connectivity index (χ4n) is 3.32. The van der Waals surface area contributed by atoms with Gasteiger partial charge in [-0.2, -0.15) is 0 Å². The second-order valence-electron chi connectivity index (χ2n) is 7.71. The van der Waals surface area contributed by atoms with Crippen molar-refractivity contribution in [3.63, 3.8) is 0 Å². The molecular weight excluding hydrogens is 358 g/mol. The molecule has 1 heterocycles. The van der Waals surface area contributed by atoms with E-state index >= 15 is 0 Å². The number of nitrogens with zero attached hydrogens (tertiary/aromatic N) is 2. The number of carbonyl (C=O) groups excluding carboxylic acids is 2. The number of likely N-dealkylation sites (tertiary alicyclic amines) is 1. The molecule has 1 aliphatic rings. The summed E-state index contributed by atoms with van der Waals surface area (Å²) in [4.78, 5) is 39.4. The molecule has 0 aromatic heterocycles. The third kappa shape index (κ3) is 6.87. The second kappa shape index (κ2) is 10.7. The predicted molar refractivity (Wildman–Crippen MR) is 108 cm³/mol. The lowest BCUT2D eigenvalue weighted by atomic mass is 9.95.